The van der Waals surface area contributed by atoms with Crippen molar-refractivity contribution in [3.8, 4) is 0 Å². The molecule has 0 saturated carbocycles. The first kappa shape index (κ1) is 14.2. The van der Waals surface area contributed by atoms with Crippen LogP contribution in [0.3, 0.4) is 0 Å². The van der Waals surface area contributed by atoms with Gasteiger partial charge in [-0.25, -0.2) is 0 Å². The zero-order chi connectivity index (χ0) is 13.8. The molecule has 0 bridgehead atoms. The molecule has 0 saturated heterocycles. The Kier molecular flexibility index (Phi) is 4.73. The highest BCUT2D eigenvalue weighted by molar-refractivity contribution is 6.33. The van der Waals surface area contributed by atoms with Crippen LogP contribution in [0.15, 0.2) is 42.5 Å². The molecule has 1 atom stereocenters. The fourth-order valence-electron chi connectivity index (χ4n) is 2.01. The minimum atomic E-state index is 0.110. The van der Waals surface area contributed by atoms with Crippen LogP contribution in [0.2, 0.25) is 10.0 Å². The van der Waals surface area contributed by atoms with Crippen LogP contribution in [0.1, 0.15) is 31.0 Å². The van der Waals surface area contributed by atoms with Crippen molar-refractivity contribution in [2.24, 2.45) is 0 Å². The molecule has 0 fully saturated rings. The van der Waals surface area contributed by atoms with Gasteiger partial charge in [-0.1, -0.05) is 42.3 Å². The molecule has 1 nitrogen and oxygen atoms in total. The van der Waals surface area contributed by atoms with Gasteiger partial charge in [0, 0.05) is 15.7 Å². The maximum Gasteiger partial charge on any atom is 0.0500 e. The summed E-state index contributed by atoms with van der Waals surface area (Å²) in [4.78, 5) is 0. The summed E-state index contributed by atoms with van der Waals surface area (Å²) >= 11 is 12.2. The molecule has 0 aliphatic heterocycles. The van der Waals surface area contributed by atoms with Gasteiger partial charge >= 0.3 is 0 Å². The quantitative estimate of drug-likeness (QED) is 0.759. The van der Waals surface area contributed by atoms with Gasteiger partial charge in [0.1, 0.15) is 0 Å². The van der Waals surface area contributed by atoms with Crippen LogP contribution in [0.5, 0.6) is 0 Å². The predicted octanol–water partition coefficient (Wildman–Crippen LogP) is 5.73. The molecular weight excluding hydrogens is 277 g/mol. The van der Waals surface area contributed by atoms with E-state index in [-0.39, 0.29) is 6.04 Å². The molecule has 0 radical (unpaired) electrons. The molecule has 0 spiro atoms. The number of benzene rings is 2. The molecule has 0 heterocycles. The Morgan fingerprint density at radius 1 is 1.05 bits per heavy atom. The van der Waals surface area contributed by atoms with Crippen LogP contribution < -0.4 is 5.32 Å². The van der Waals surface area contributed by atoms with Crippen molar-refractivity contribution in [3.05, 3.63) is 63.6 Å². The van der Waals surface area contributed by atoms with Crippen LogP contribution >= 0.6 is 23.2 Å². The number of rotatable bonds is 4. The smallest absolute Gasteiger partial charge is 0.0500 e. The lowest BCUT2D eigenvalue weighted by Crippen LogP contribution is -2.07. The van der Waals surface area contributed by atoms with E-state index >= 15 is 0 Å². The van der Waals surface area contributed by atoms with E-state index in [0.717, 1.165) is 22.7 Å². The monoisotopic (exact) mass is 293 g/mol. The summed E-state index contributed by atoms with van der Waals surface area (Å²) in [5, 5.41) is 4.87. The molecule has 2 aromatic rings. The van der Waals surface area contributed by atoms with Gasteiger partial charge in [0.05, 0.1) is 6.04 Å². The van der Waals surface area contributed by atoms with E-state index in [1.54, 1.807) is 6.07 Å². The van der Waals surface area contributed by atoms with Gasteiger partial charge in [-0.3, -0.25) is 0 Å². The van der Waals surface area contributed by atoms with Crippen molar-refractivity contribution in [1.82, 2.24) is 0 Å². The zero-order valence-electron chi connectivity index (χ0n) is 11.1. The fraction of sp³-hybridized carbons (Fsp3) is 0.250. The minimum absolute atomic E-state index is 0.110. The SMILES string of the molecule is CCc1ccc(NC(C)c2cc(Cl)ccc2Cl)cc1. The summed E-state index contributed by atoms with van der Waals surface area (Å²) in [5.74, 6) is 0. The van der Waals surface area contributed by atoms with Crippen LogP contribution in [0.4, 0.5) is 5.69 Å². The average molecular weight is 294 g/mol. The summed E-state index contributed by atoms with van der Waals surface area (Å²) in [6, 6.07) is 14.1. The first-order valence-corrected chi connectivity index (χ1v) is 7.16. The molecule has 100 valence electrons. The summed E-state index contributed by atoms with van der Waals surface area (Å²) in [7, 11) is 0. The highest BCUT2D eigenvalue weighted by Gasteiger charge is 2.10. The van der Waals surface area contributed by atoms with E-state index < -0.39 is 0 Å². The van der Waals surface area contributed by atoms with Crippen molar-refractivity contribution in [2.45, 2.75) is 26.3 Å². The van der Waals surface area contributed by atoms with E-state index in [1.165, 1.54) is 5.56 Å². The lowest BCUT2D eigenvalue weighted by Gasteiger charge is -2.17. The van der Waals surface area contributed by atoms with Gasteiger partial charge in [-0.2, -0.15) is 0 Å². The number of hydrogen-bond donors (Lipinski definition) is 1. The number of aryl methyl sites for hydroxylation is 1. The summed E-state index contributed by atoms with van der Waals surface area (Å²) < 4.78 is 0. The fourth-order valence-corrected chi connectivity index (χ4v) is 2.47. The molecule has 0 aliphatic carbocycles. The molecule has 1 N–H and O–H groups in total. The van der Waals surface area contributed by atoms with Gasteiger partial charge in [0.2, 0.25) is 0 Å². The van der Waals surface area contributed by atoms with Gasteiger partial charge in [0.25, 0.3) is 0 Å². The highest BCUT2D eigenvalue weighted by atomic mass is 35.5. The third-order valence-electron chi connectivity index (χ3n) is 3.17. The molecule has 0 aliphatic rings. The Morgan fingerprint density at radius 3 is 2.37 bits per heavy atom. The second-order valence-electron chi connectivity index (χ2n) is 4.58. The third kappa shape index (κ3) is 3.65. The van der Waals surface area contributed by atoms with E-state index in [9.17, 15) is 0 Å². The predicted molar refractivity (Wildman–Crippen MR) is 84.3 cm³/mol. The first-order chi connectivity index (χ1) is 9.10. The first-order valence-electron chi connectivity index (χ1n) is 6.40. The Balaban J connectivity index is 2.15. The van der Waals surface area contributed by atoms with Gasteiger partial charge in [-0.15, -0.1) is 0 Å². The number of halogens is 2. The molecular formula is C16H17Cl2N. The van der Waals surface area contributed by atoms with Crippen LogP contribution in [0, 0.1) is 0 Å². The molecule has 2 rings (SSSR count). The van der Waals surface area contributed by atoms with E-state index in [4.69, 9.17) is 23.2 Å². The van der Waals surface area contributed by atoms with Crippen molar-refractivity contribution >= 4 is 28.9 Å². The van der Waals surface area contributed by atoms with Gasteiger partial charge in [0.15, 0.2) is 0 Å². The Labute approximate surface area is 124 Å². The molecule has 2 aromatic carbocycles. The number of nitrogens with one attached hydrogen (secondary N) is 1. The van der Waals surface area contributed by atoms with E-state index in [1.807, 2.05) is 12.1 Å². The van der Waals surface area contributed by atoms with Gasteiger partial charge < -0.3 is 5.32 Å². The van der Waals surface area contributed by atoms with Gasteiger partial charge in [-0.05, 0) is 54.8 Å². The van der Waals surface area contributed by atoms with Crippen LogP contribution in [0.25, 0.3) is 0 Å². The van der Waals surface area contributed by atoms with Crippen LogP contribution in [-0.4, -0.2) is 0 Å². The normalized spacial score (nSPS) is 12.2. The second kappa shape index (κ2) is 6.31. The summed E-state index contributed by atoms with van der Waals surface area (Å²) in [6.07, 6.45) is 1.05. The third-order valence-corrected chi connectivity index (χ3v) is 3.75. The van der Waals surface area contributed by atoms with Crippen molar-refractivity contribution in [1.29, 1.82) is 0 Å². The topological polar surface area (TPSA) is 12.0 Å². The van der Waals surface area contributed by atoms with Crippen molar-refractivity contribution in [3.63, 3.8) is 0 Å². The molecule has 1 unspecified atom stereocenters. The van der Waals surface area contributed by atoms with Crippen molar-refractivity contribution in [2.75, 3.05) is 5.32 Å². The van der Waals surface area contributed by atoms with E-state index in [2.05, 4.69) is 43.4 Å². The summed E-state index contributed by atoms with van der Waals surface area (Å²) in [5.41, 5.74) is 3.42. The number of anilines is 1. The zero-order valence-corrected chi connectivity index (χ0v) is 12.6. The average Bonchev–Trinajstić information content (AvgIpc) is 2.42. The molecule has 19 heavy (non-hydrogen) atoms. The Morgan fingerprint density at radius 2 is 1.74 bits per heavy atom. The Bertz CT molecular complexity index is 549. The molecule has 3 heteroatoms. The second-order valence-corrected chi connectivity index (χ2v) is 5.43. The lowest BCUT2D eigenvalue weighted by atomic mass is 10.1. The van der Waals surface area contributed by atoms with Crippen molar-refractivity contribution < 1.29 is 0 Å². The van der Waals surface area contributed by atoms with Crippen LogP contribution in [-0.2, 0) is 6.42 Å². The largest absolute Gasteiger partial charge is 0.378 e. The lowest BCUT2D eigenvalue weighted by molar-refractivity contribution is 0.885. The molecule has 0 aromatic heterocycles. The minimum Gasteiger partial charge on any atom is -0.378 e. The summed E-state index contributed by atoms with van der Waals surface area (Å²) in [6.45, 7) is 4.22. The Hall–Kier alpha value is -1.18. The molecule has 0 amide bonds. The maximum absolute atomic E-state index is 6.21. The highest BCUT2D eigenvalue weighted by Crippen LogP contribution is 2.28. The van der Waals surface area contributed by atoms with E-state index in [0.29, 0.717) is 5.02 Å². The maximum atomic E-state index is 6.21. The number of hydrogen-bond acceptors (Lipinski definition) is 1. The standard InChI is InChI=1S/C16H17Cl2N/c1-3-12-4-7-14(8-5-12)19-11(2)15-10-13(17)6-9-16(15)18/h4-11,19H,3H2,1-2H3.